The second-order valence-corrected chi connectivity index (χ2v) is 13.9. The minimum Gasteiger partial charge on any atom is -0.460 e. The van der Waals surface area contributed by atoms with Gasteiger partial charge in [-0.15, -0.1) is 0 Å². The Balaban J connectivity index is 3.09. The van der Waals surface area contributed by atoms with Gasteiger partial charge in [0.15, 0.2) is 0 Å². The summed E-state index contributed by atoms with van der Waals surface area (Å²) in [4.78, 5) is 67.3. The molecule has 0 aromatic heterocycles. The molecule has 0 aliphatic carbocycles. The molecule has 0 aliphatic rings. The van der Waals surface area contributed by atoms with Gasteiger partial charge in [0.25, 0.3) is 0 Å². The fourth-order valence-corrected chi connectivity index (χ4v) is 4.07. The molecule has 4 amide bonds. The molecule has 1 rings (SSSR count). The number of hydrogen-bond donors (Lipinski definition) is 2. The van der Waals surface area contributed by atoms with Crippen LogP contribution in [0.25, 0.3) is 0 Å². The molecule has 1 aromatic rings. The summed E-state index contributed by atoms with van der Waals surface area (Å²) < 4.78 is 8.49. The lowest BCUT2D eigenvalue weighted by Crippen LogP contribution is -2.56. The Kier molecular flexibility index (Phi) is 15.1. The molecule has 43 heavy (non-hydrogen) atoms. The zero-order chi connectivity index (χ0) is 33.1. The third-order valence-electron chi connectivity index (χ3n) is 6.39. The summed E-state index contributed by atoms with van der Waals surface area (Å²) in [5.74, 6) is -2.78. The van der Waals surface area contributed by atoms with Gasteiger partial charge in [-0.3, -0.25) is 14.4 Å². The Morgan fingerprint density at radius 3 is 2.02 bits per heavy atom. The second-order valence-electron chi connectivity index (χ2n) is 11.4. The topological polar surface area (TPSA) is 134 Å². The molecule has 0 bridgehead atoms. The lowest BCUT2D eigenvalue weighted by Gasteiger charge is -2.33. The van der Waals surface area contributed by atoms with Crippen LogP contribution in [0.15, 0.2) is 30.3 Å². The summed E-state index contributed by atoms with van der Waals surface area (Å²) in [6.45, 7) is 9.25. The van der Waals surface area contributed by atoms with Crippen LogP contribution in [0.3, 0.4) is 0 Å². The molecule has 0 heterocycles. The third-order valence-corrected chi connectivity index (χ3v) is 6.72. The maximum atomic E-state index is 13.7. The summed E-state index contributed by atoms with van der Waals surface area (Å²) in [6, 6.07) is 5.99. The van der Waals surface area contributed by atoms with Crippen molar-refractivity contribution in [2.24, 2.45) is 5.92 Å². The minimum atomic E-state index is -1.82. The van der Waals surface area contributed by atoms with E-state index in [-0.39, 0.29) is 12.3 Å². The first-order valence-electron chi connectivity index (χ1n) is 13.8. The van der Waals surface area contributed by atoms with Crippen molar-refractivity contribution in [3.05, 3.63) is 35.9 Å². The van der Waals surface area contributed by atoms with Crippen LogP contribution in [0.2, 0.25) is 0 Å². The second kappa shape index (κ2) is 16.9. The van der Waals surface area contributed by atoms with E-state index in [0.29, 0.717) is 6.42 Å². The summed E-state index contributed by atoms with van der Waals surface area (Å²) >= 11 is 17.0. The van der Waals surface area contributed by atoms with Gasteiger partial charge in [-0.2, -0.15) is 0 Å². The number of amides is 4. The number of benzene rings is 1. The van der Waals surface area contributed by atoms with E-state index in [4.69, 9.17) is 44.3 Å². The zero-order valence-corrected chi connectivity index (χ0v) is 28.2. The number of hydrogen-bond acceptors (Lipinski definition) is 7. The molecule has 0 unspecified atom stereocenters. The van der Waals surface area contributed by atoms with Gasteiger partial charge in [0.2, 0.25) is 21.5 Å². The number of carbonyl (C=O) groups excluding carboxylic acids is 5. The van der Waals surface area contributed by atoms with E-state index >= 15 is 0 Å². The molecule has 11 nitrogen and oxygen atoms in total. The van der Waals surface area contributed by atoms with Gasteiger partial charge in [0.05, 0.1) is 6.54 Å². The zero-order valence-electron chi connectivity index (χ0n) is 25.9. The maximum Gasteiger partial charge on any atom is 0.408 e. The molecule has 0 radical (unpaired) electrons. The molecule has 0 aliphatic heterocycles. The fraction of sp³-hybridized carbons (Fsp3) is 0.621. The van der Waals surface area contributed by atoms with Gasteiger partial charge in [-0.25, -0.2) is 9.59 Å². The van der Waals surface area contributed by atoms with Crippen LogP contribution in [-0.4, -0.2) is 94.3 Å². The van der Waals surface area contributed by atoms with Crippen molar-refractivity contribution in [3.8, 4) is 0 Å². The molecule has 4 atom stereocenters. The normalized spacial score (nSPS) is 14.4. The van der Waals surface area contributed by atoms with Crippen LogP contribution < -0.4 is 10.6 Å². The summed E-state index contributed by atoms with van der Waals surface area (Å²) in [7, 11) is 2.87. The van der Waals surface area contributed by atoms with Crippen molar-refractivity contribution in [1.29, 1.82) is 0 Å². The SMILES string of the molecule is CC[C@H](C)[C@H](NC(=O)CN(C)C(=O)[C@@H](Cc1ccccc1)N(C)C(=O)[C@H](C)NC(=O)OC(C)(C)C)C(=O)OCC(Cl)(Cl)Cl. The van der Waals surface area contributed by atoms with Gasteiger partial charge < -0.3 is 29.9 Å². The number of alkyl carbamates (subject to hydrolysis) is 1. The highest BCUT2D eigenvalue weighted by atomic mass is 35.6. The van der Waals surface area contributed by atoms with Gasteiger partial charge in [-0.1, -0.05) is 85.4 Å². The van der Waals surface area contributed by atoms with Crippen LogP contribution in [0, 0.1) is 5.92 Å². The van der Waals surface area contributed by atoms with E-state index in [9.17, 15) is 24.0 Å². The average Bonchev–Trinajstić information content (AvgIpc) is 2.90. The minimum absolute atomic E-state index is 0.145. The molecule has 2 N–H and O–H groups in total. The lowest BCUT2D eigenvalue weighted by atomic mass is 9.99. The van der Waals surface area contributed by atoms with E-state index in [1.165, 1.54) is 30.8 Å². The Labute approximate surface area is 268 Å². The fourth-order valence-electron chi connectivity index (χ4n) is 3.91. The summed E-state index contributed by atoms with van der Waals surface area (Å²) in [5, 5.41) is 5.10. The first-order chi connectivity index (χ1) is 19.8. The highest BCUT2D eigenvalue weighted by Crippen LogP contribution is 2.26. The van der Waals surface area contributed by atoms with E-state index in [1.54, 1.807) is 39.8 Å². The molecule has 242 valence electrons. The quantitative estimate of drug-likeness (QED) is 0.241. The van der Waals surface area contributed by atoms with Crippen LogP contribution in [0.1, 0.15) is 53.5 Å². The lowest BCUT2D eigenvalue weighted by molar-refractivity contribution is -0.150. The number of esters is 1. The Morgan fingerprint density at radius 2 is 1.51 bits per heavy atom. The largest absolute Gasteiger partial charge is 0.460 e. The highest BCUT2D eigenvalue weighted by Gasteiger charge is 2.35. The van der Waals surface area contributed by atoms with E-state index in [0.717, 1.165) is 5.56 Å². The molecular weight excluding hydrogens is 623 g/mol. The smallest absolute Gasteiger partial charge is 0.408 e. The highest BCUT2D eigenvalue weighted by molar-refractivity contribution is 6.67. The first-order valence-corrected chi connectivity index (χ1v) is 15.0. The Bertz CT molecular complexity index is 1110. The van der Waals surface area contributed by atoms with Crippen molar-refractivity contribution in [1.82, 2.24) is 20.4 Å². The third kappa shape index (κ3) is 14.0. The summed E-state index contributed by atoms with van der Waals surface area (Å²) in [6.07, 6.45) is -0.0968. The number of nitrogens with zero attached hydrogens (tertiary/aromatic N) is 2. The van der Waals surface area contributed by atoms with Crippen LogP contribution in [0.5, 0.6) is 0 Å². The van der Waals surface area contributed by atoms with Crippen molar-refractivity contribution in [2.75, 3.05) is 27.2 Å². The molecular formula is C29H43Cl3N4O7. The van der Waals surface area contributed by atoms with Crippen molar-refractivity contribution >= 4 is 64.6 Å². The number of alkyl halides is 3. The van der Waals surface area contributed by atoms with Gasteiger partial charge >= 0.3 is 12.1 Å². The Morgan fingerprint density at radius 1 is 0.930 bits per heavy atom. The number of likely N-dealkylation sites (N-methyl/N-ethyl adjacent to an activating group) is 2. The number of rotatable bonds is 13. The number of carbonyl (C=O) groups is 5. The molecule has 14 heteroatoms. The molecule has 0 fully saturated rings. The molecule has 1 aromatic carbocycles. The monoisotopic (exact) mass is 664 g/mol. The van der Waals surface area contributed by atoms with E-state index in [1.807, 2.05) is 25.1 Å². The van der Waals surface area contributed by atoms with Gasteiger partial charge in [0, 0.05) is 20.5 Å². The number of nitrogens with one attached hydrogen (secondary N) is 2. The van der Waals surface area contributed by atoms with Crippen molar-refractivity contribution < 1.29 is 33.4 Å². The predicted octanol–water partition coefficient (Wildman–Crippen LogP) is 3.87. The van der Waals surface area contributed by atoms with Crippen LogP contribution in [-0.2, 0) is 35.1 Å². The standard InChI is InChI=1S/C29H43Cl3N4O7/c1-9-18(2)23(26(40)42-17-29(30,31)32)34-22(37)16-35(7)25(39)21(15-20-13-11-10-12-14-20)36(8)24(38)19(3)33-27(41)43-28(4,5)6/h10-14,18-19,21,23H,9,15-17H2,1-8H3,(H,33,41)(H,34,37)/t18-,19-,21+,23-/m0/s1. The summed E-state index contributed by atoms with van der Waals surface area (Å²) in [5.41, 5.74) is 0.0150. The molecule has 0 saturated carbocycles. The molecule has 0 spiro atoms. The molecule has 0 saturated heterocycles. The van der Waals surface area contributed by atoms with Gasteiger partial charge in [0.1, 0.15) is 30.3 Å². The van der Waals surface area contributed by atoms with E-state index in [2.05, 4.69) is 10.6 Å². The predicted molar refractivity (Wildman–Crippen MR) is 166 cm³/mol. The first kappa shape index (κ1) is 38.3. The number of ether oxygens (including phenoxy) is 2. The van der Waals surface area contributed by atoms with Crippen molar-refractivity contribution in [3.63, 3.8) is 0 Å². The van der Waals surface area contributed by atoms with Crippen molar-refractivity contribution in [2.45, 2.75) is 81.9 Å². The maximum absolute atomic E-state index is 13.7. The average molecular weight is 666 g/mol. The van der Waals surface area contributed by atoms with E-state index < -0.39 is 70.5 Å². The Hall–Kier alpha value is -2.76. The van der Waals surface area contributed by atoms with Crippen LogP contribution >= 0.6 is 34.8 Å². The number of halogens is 3. The van der Waals surface area contributed by atoms with Crippen LogP contribution in [0.4, 0.5) is 4.79 Å². The van der Waals surface area contributed by atoms with Gasteiger partial charge in [-0.05, 0) is 39.2 Å².